The van der Waals surface area contributed by atoms with Crippen LogP contribution < -0.4 is 10.6 Å². The van der Waals surface area contributed by atoms with Crippen molar-refractivity contribution in [2.75, 3.05) is 30.3 Å². The van der Waals surface area contributed by atoms with Crippen molar-refractivity contribution in [2.24, 2.45) is 0 Å². The van der Waals surface area contributed by atoms with E-state index in [9.17, 15) is 9.59 Å². The quantitative estimate of drug-likeness (QED) is 0.598. The zero-order valence-corrected chi connectivity index (χ0v) is 19.2. The molecule has 8 nitrogen and oxygen atoms in total. The molecule has 8 heteroatoms. The lowest BCUT2D eigenvalue weighted by Gasteiger charge is -2.19. The summed E-state index contributed by atoms with van der Waals surface area (Å²) in [4.78, 5) is 31.7. The molecular weight excluding hydrogens is 416 g/mol. The van der Waals surface area contributed by atoms with E-state index < -0.39 is 0 Å². The molecule has 2 aromatic heterocycles. The molecule has 3 heterocycles. The van der Waals surface area contributed by atoms with Gasteiger partial charge in [-0.2, -0.15) is 5.10 Å². The van der Waals surface area contributed by atoms with E-state index in [0.29, 0.717) is 29.3 Å². The van der Waals surface area contributed by atoms with Gasteiger partial charge in [-0.25, -0.2) is 9.67 Å². The van der Waals surface area contributed by atoms with Crippen molar-refractivity contribution in [3.63, 3.8) is 0 Å². The summed E-state index contributed by atoms with van der Waals surface area (Å²) >= 11 is 0. The molecule has 0 aliphatic carbocycles. The third kappa shape index (κ3) is 6.04. The summed E-state index contributed by atoms with van der Waals surface area (Å²) in [5, 5.41) is 10.2. The highest BCUT2D eigenvalue weighted by molar-refractivity contribution is 6.04. The molecule has 1 saturated heterocycles. The minimum Gasteiger partial charge on any atom is -0.325 e. The molecule has 172 valence electrons. The smallest absolute Gasteiger partial charge is 0.257 e. The van der Waals surface area contributed by atoms with E-state index in [-0.39, 0.29) is 11.8 Å². The van der Waals surface area contributed by atoms with Crippen LogP contribution in [0.5, 0.6) is 0 Å². The van der Waals surface area contributed by atoms with Gasteiger partial charge in [-0.05, 0) is 76.2 Å². The first-order chi connectivity index (χ1) is 16.0. The molecule has 2 N–H and O–H groups in total. The number of anilines is 2. The maximum Gasteiger partial charge on any atom is 0.257 e. The third-order valence-electron chi connectivity index (χ3n) is 5.71. The van der Waals surface area contributed by atoms with Crippen molar-refractivity contribution in [3.8, 4) is 5.82 Å². The molecule has 3 aromatic rings. The molecule has 0 spiro atoms. The topological polar surface area (TPSA) is 92.2 Å². The monoisotopic (exact) mass is 446 g/mol. The van der Waals surface area contributed by atoms with Crippen LogP contribution >= 0.6 is 0 Å². The zero-order chi connectivity index (χ0) is 23.2. The Balaban J connectivity index is 1.36. The Morgan fingerprint density at radius 1 is 0.939 bits per heavy atom. The van der Waals surface area contributed by atoms with Crippen LogP contribution in [0, 0.1) is 13.8 Å². The van der Waals surface area contributed by atoms with Gasteiger partial charge in [-0.1, -0.05) is 18.9 Å². The summed E-state index contributed by atoms with van der Waals surface area (Å²) in [6, 6.07) is 12.6. The number of hydrogen-bond acceptors (Lipinski definition) is 5. The van der Waals surface area contributed by atoms with Gasteiger partial charge in [0.2, 0.25) is 5.91 Å². The number of pyridine rings is 1. The van der Waals surface area contributed by atoms with Gasteiger partial charge in [-0.3, -0.25) is 14.5 Å². The summed E-state index contributed by atoms with van der Waals surface area (Å²) in [7, 11) is 0. The number of aryl methyl sites for hydroxylation is 2. The van der Waals surface area contributed by atoms with Crippen LogP contribution in [-0.4, -0.2) is 51.1 Å². The molecule has 0 atom stereocenters. The summed E-state index contributed by atoms with van der Waals surface area (Å²) < 4.78 is 1.74. The van der Waals surface area contributed by atoms with Crippen molar-refractivity contribution in [2.45, 2.75) is 39.5 Å². The Hall–Kier alpha value is -3.52. The summed E-state index contributed by atoms with van der Waals surface area (Å²) in [6.45, 7) is 6.22. The van der Waals surface area contributed by atoms with E-state index in [4.69, 9.17) is 0 Å². The number of hydrogen-bond donors (Lipinski definition) is 2. The molecule has 1 aliphatic heterocycles. The Bertz CT molecular complexity index is 1110. The SMILES string of the molecule is Cc1cc(C)n(-c2ccc(C(=O)Nc3cccc(NC(=O)CN4CCCCCC4)c3)cn2)n1. The minimum absolute atomic E-state index is 0.0377. The second-order valence-corrected chi connectivity index (χ2v) is 8.52. The Morgan fingerprint density at radius 3 is 2.30 bits per heavy atom. The van der Waals surface area contributed by atoms with Crippen molar-refractivity contribution in [3.05, 3.63) is 65.6 Å². The molecule has 2 amide bonds. The first kappa shape index (κ1) is 22.7. The maximum atomic E-state index is 12.7. The lowest BCUT2D eigenvalue weighted by Crippen LogP contribution is -2.33. The number of nitrogens with one attached hydrogen (secondary N) is 2. The summed E-state index contributed by atoms with van der Waals surface area (Å²) in [5.74, 6) is 0.353. The highest BCUT2D eigenvalue weighted by Gasteiger charge is 2.14. The number of amides is 2. The second-order valence-electron chi connectivity index (χ2n) is 8.52. The number of rotatable bonds is 6. The number of nitrogens with zero attached hydrogens (tertiary/aromatic N) is 4. The molecule has 1 fully saturated rings. The normalized spacial score (nSPS) is 14.5. The van der Waals surface area contributed by atoms with Crippen molar-refractivity contribution in [1.82, 2.24) is 19.7 Å². The Morgan fingerprint density at radius 2 is 1.67 bits per heavy atom. The number of aromatic nitrogens is 3. The molecule has 0 radical (unpaired) electrons. The molecule has 33 heavy (non-hydrogen) atoms. The van der Waals surface area contributed by atoms with Gasteiger partial charge in [0.05, 0.1) is 17.8 Å². The standard InChI is InChI=1S/C25H30N6O2/c1-18-14-19(2)31(29-18)23-11-10-20(16-26-23)25(33)28-22-9-7-8-21(15-22)27-24(32)17-30-12-5-3-4-6-13-30/h7-11,14-16H,3-6,12-13,17H2,1-2H3,(H,27,32)(H,28,33). The summed E-state index contributed by atoms with van der Waals surface area (Å²) in [5.41, 5.74) is 3.60. The van der Waals surface area contributed by atoms with Crippen LogP contribution in [0.4, 0.5) is 11.4 Å². The van der Waals surface area contributed by atoms with Crippen molar-refractivity contribution in [1.29, 1.82) is 0 Å². The second kappa shape index (κ2) is 10.4. The Labute approximate surface area is 194 Å². The first-order valence-corrected chi connectivity index (χ1v) is 11.4. The van der Waals surface area contributed by atoms with Crippen LogP contribution in [-0.2, 0) is 4.79 Å². The van der Waals surface area contributed by atoms with Crippen LogP contribution in [0.1, 0.15) is 47.4 Å². The van der Waals surface area contributed by atoms with Gasteiger partial charge in [-0.15, -0.1) is 0 Å². The fourth-order valence-electron chi connectivity index (χ4n) is 4.08. The molecule has 4 rings (SSSR count). The van der Waals surface area contributed by atoms with E-state index in [0.717, 1.165) is 37.3 Å². The van der Waals surface area contributed by atoms with E-state index in [1.807, 2.05) is 26.0 Å². The van der Waals surface area contributed by atoms with E-state index in [2.05, 4.69) is 25.6 Å². The molecule has 0 saturated carbocycles. The van der Waals surface area contributed by atoms with Crippen molar-refractivity contribution >= 4 is 23.2 Å². The van der Waals surface area contributed by atoms with E-state index >= 15 is 0 Å². The highest BCUT2D eigenvalue weighted by atomic mass is 16.2. The van der Waals surface area contributed by atoms with Crippen LogP contribution in [0.2, 0.25) is 0 Å². The minimum atomic E-state index is -0.268. The zero-order valence-electron chi connectivity index (χ0n) is 19.2. The average molecular weight is 447 g/mol. The van der Waals surface area contributed by atoms with Crippen molar-refractivity contribution < 1.29 is 9.59 Å². The fraction of sp³-hybridized carbons (Fsp3) is 0.360. The molecule has 0 bridgehead atoms. The van der Waals surface area contributed by atoms with Gasteiger partial charge in [0.25, 0.3) is 5.91 Å². The number of carbonyl (C=O) groups is 2. The highest BCUT2D eigenvalue weighted by Crippen LogP contribution is 2.17. The predicted molar refractivity (Wildman–Crippen MR) is 129 cm³/mol. The van der Waals surface area contributed by atoms with Gasteiger partial charge < -0.3 is 10.6 Å². The molecular formula is C25H30N6O2. The maximum absolute atomic E-state index is 12.7. The van der Waals surface area contributed by atoms with E-state index in [1.165, 1.54) is 19.0 Å². The summed E-state index contributed by atoms with van der Waals surface area (Å²) in [6.07, 6.45) is 6.30. The lowest BCUT2D eigenvalue weighted by molar-refractivity contribution is -0.117. The first-order valence-electron chi connectivity index (χ1n) is 11.4. The number of likely N-dealkylation sites (tertiary alicyclic amines) is 1. The Kier molecular flexibility index (Phi) is 7.14. The average Bonchev–Trinajstić information content (AvgIpc) is 2.97. The van der Waals surface area contributed by atoms with Gasteiger partial charge in [0, 0.05) is 23.3 Å². The molecule has 1 aromatic carbocycles. The molecule has 0 unspecified atom stereocenters. The third-order valence-corrected chi connectivity index (χ3v) is 5.71. The number of carbonyl (C=O) groups excluding carboxylic acids is 2. The van der Waals surface area contributed by atoms with Crippen LogP contribution in [0.25, 0.3) is 5.82 Å². The van der Waals surface area contributed by atoms with Crippen LogP contribution in [0.15, 0.2) is 48.7 Å². The van der Waals surface area contributed by atoms with Gasteiger partial charge >= 0.3 is 0 Å². The van der Waals surface area contributed by atoms with E-state index in [1.54, 1.807) is 35.0 Å². The molecule has 1 aliphatic rings. The fourth-order valence-corrected chi connectivity index (χ4v) is 4.08. The lowest BCUT2D eigenvalue weighted by atomic mass is 10.2. The van der Waals surface area contributed by atoms with Crippen LogP contribution in [0.3, 0.4) is 0 Å². The largest absolute Gasteiger partial charge is 0.325 e. The van der Waals surface area contributed by atoms with Gasteiger partial charge in [0.1, 0.15) is 0 Å². The number of benzene rings is 1. The predicted octanol–water partition coefficient (Wildman–Crippen LogP) is 3.95. The van der Waals surface area contributed by atoms with Gasteiger partial charge in [0.15, 0.2) is 5.82 Å².